The lowest BCUT2D eigenvalue weighted by atomic mass is 9.97. The van der Waals surface area contributed by atoms with Crippen molar-refractivity contribution in [2.75, 3.05) is 7.11 Å². The summed E-state index contributed by atoms with van der Waals surface area (Å²) in [5.41, 5.74) is 2.71. The van der Waals surface area contributed by atoms with Crippen molar-refractivity contribution in [3.05, 3.63) is 101 Å². The number of hydrogen-bond acceptors (Lipinski definition) is 4. The van der Waals surface area contributed by atoms with Gasteiger partial charge in [0.15, 0.2) is 0 Å². The van der Waals surface area contributed by atoms with Crippen molar-refractivity contribution in [1.82, 2.24) is 4.72 Å². The van der Waals surface area contributed by atoms with Crippen molar-refractivity contribution >= 4 is 27.6 Å². The van der Waals surface area contributed by atoms with Crippen LogP contribution in [0.4, 0.5) is 0 Å². The van der Waals surface area contributed by atoms with Gasteiger partial charge in [-0.25, -0.2) is 8.42 Å². The van der Waals surface area contributed by atoms with E-state index in [9.17, 15) is 13.2 Å². The van der Waals surface area contributed by atoms with Crippen LogP contribution in [-0.4, -0.2) is 21.5 Å². The Kier molecular flexibility index (Phi) is 7.85. The first-order valence-electron chi connectivity index (χ1n) is 9.87. The van der Waals surface area contributed by atoms with Crippen molar-refractivity contribution in [3.8, 4) is 0 Å². The molecule has 1 N–H and O–H groups in total. The van der Waals surface area contributed by atoms with E-state index in [0.29, 0.717) is 17.9 Å². The predicted octanol–water partition coefficient (Wildman–Crippen LogP) is 4.90. The van der Waals surface area contributed by atoms with Crippen LogP contribution < -0.4 is 4.72 Å². The highest BCUT2D eigenvalue weighted by Crippen LogP contribution is 2.26. The fraction of sp³-hybridized carbons (Fsp3) is 0.208. The zero-order valence-corrected chi connectivity index (χ0v) is 18.7. The summed E-state index contributed by atoms with van der Waals surface area (Å²) in [5.74, 6) is -0.226. The van der Waals surface area contributed by atoms with Gasteiger partial charge in [0.25, 0.3) is 0 Å². The number of hydrogen-bond donors (Lipinski definition) is 1. The van der Waals surface area contributed by atoms with Crippen molar-refractivity contribution < 1.29 is 17.9 Å². The Morgan fingerprint density at radius 1 is 0.968 bits per heavy atom. The van der Waals surface area contributed by atoms with E-state index < -0.39 is 16.1 Å². The maximum Gasteiger partial charge on any atom is 0.305 e. The Balaban J connectivity index is 1.84. The Morgan fingerprint density at radius 3 is 2.29 bits per heavy atom. The van der Waals surface area contributed by atoms with Crippen LogP contribution in [0.5, 0.6) is 0 Å². The second-order valence-electron chi connectivity index (χ2n) is 7.09. The number of benzene rings is 3. The van der Waals surface area contributed by atoms with E-state index in [-0.39, 0.29) is 10.9 Å². The summed E-state index contributed by atoms with van der Waals surface area (Å²) in [6, 6.07) is 22.7. The molecular formula is C24H24ClNO4S. The molecule has 0 aliphatic heterocycles. The second-order valence-corrected chi connectivity index (χ2v) is 9.24. The number of carbonyl (C=O) groups is 1. The first kappa shape index (κ1) is 23.0. The molecule has 0 saturated heterocycles. The normalized spacial score (nSPS) is 12.3. The number of aryl methyl sites for hydroxylation is 1. The summed E-state index contributed by atoms with van der Waals surface area (Å²) < 4.78 is 33.5. The summed E-state index contributed by atoms with van der Waals surface area (Å²) in [6.45, 7) is 0. The third-order valence-corrected chi connectivity index (χ3v) is 6.56. The molecule has 0 fully saturated rings. The number of carbonyl (C=O) groups excluding carboxylic acids is 1. The Labute approximate surface area is 188 Å². The lowest BCUT2D eigenvalue weighted by Crippen LogP contribution is -2.29. The van der Waals surface area contributed by atoms with Gasteiger partial charge in [-0.3, -0.25) is 4.79 Å². The molecule has 0 spiro atoms. The number of methoxy groups -OCH3 is 1. The number of rotatable bonds is 9. The third-order valence-electron chi connectivity index (χ3n) is 4.90. The first-order chi connectivity index (χ1) is 14.9. The molecule has 0 aliphatic rings. The van der Waals surface area contributed by atoms with Crippen LogP contribution in [0.3, 0.4) is 0 Å². The van der Waals surface area contributed by atoms with Crippen molar-refractivity contribution in [2.24, 2.45) is 0 Å². The maximum absolute atomic E-state index is 13.0. The third kappa shape index (κ3) is 6.40. The zero-order valence-electron chi connectivity index (χ0n) is 17.1. The molecule has 0 saturated carbocycles. The molecule has 3 rings (SSSR count). The molecule has 7 heteroatoms. The lowest BCUT2D eigenvalue weighted by molar-refractivity contribution is -0.140. The molecular weight excluding hydrogens is 434 g/mol. The fourth-order valence-electron chi connectivity index (χ4n) is 3.25. The predicted molar refractivity (Wildman–Crippen MR) is 121 cm³/mol. The summed E-state index contributed by atoms with van der Waals surface area (Å²) in [7, 11) is -2.42. The molecule has 162 valence electrons. The molecule has 0 radical (unpaired) electrons. The first-order valence-corrected chi connectivity index (χ1v) is 11.7. The van der Waals surface area contributed by atoms with Gasteiger partial charge in [-0.15, -0.1) is 0 Å². The topological polar surface area (TPSA) is 72.5 Å². The molecule has 3 aromatic carbocycles. The smallest absolute Gasteiger partial charge is 0.305 e. The summed E-state index contributed by atoms with van der Waals surface area (Å²) in [5, 5.41) is 0.357. The molecule has 0 heterocycles. The molecule has 0 aliphatic carbocycles. The van der Waals surface area contributed by atoms with Gasteiger partial charge in [-0.1, -0.05) is 72.3 Å². The minimum Gasteiger partial charge on any atom is -0.469 e. The van der Waals surface area contributed by atoms with Gasteiger partial charge >= 0.3 is 5.97 Å². The minimum atomic E-state index is -3.80. The van der Waals surface area contributed by atoms with Crippen LogP contribution in [0.2, 0.25) is 5.02 Å². The summed E-state index contributed by atoms with van der Waals surface area (Å²) in [4.78, 5) is 11.4. The highest BCUT2D eigenvalue weighted by Gasteiger charge is 2.23. The molecule has 3 aromatic rings. The van der Waals surface area contributed by atoms with E-state index in [1.165, 1.54) is 19.2 Å². The highest BCUT2D eigenvalue weighted by atomic mass is 35.5. The molecule has 0 bridgehead atoms. The van der Waals surface area contributed by atoms with Crippen LogP contribution >= 0.6 is 11.6 Å². The summed E-state index contributed by atoms with van der Waals surface area (Å²) in [6.07, 6.45) is 1.79. The van der Waals surface area contributed by atoms with E-state index in [2.05, 4.69) is 9.46 Å². The SMILES string of the molecule is COC(=O)CCCc1ccc(C(NS(=O)(=O)c2cccc(Cl)c2)c2ccccc2)cc1. The van der Waals surface area contributed by atoms with Gasteiger partial charge in [0.1, 0.15) is 0 Å². The molecule has 0 amide bonds. The molecule has 1 atom stereocenters. The average Bonchev–Trinajstić information content (AvgIpc) is 2.78. The molecule has 5 nitrogen and oxygen atoms in total. The number of nitrogens with one attached hydrogen (secondary N) is 1. The number of ether oxygens (including phenoxy) is 1. The van der Waals surface area contributed by atoms with Crippen molar-refractivity contribution in [1.29, 1.82) is 0 Å². The number of sulfonamides is 1. The second kappa shape index (κ2) is 10.6. The van der Waals surface area contributed by atoms with Crippen molar-refractivity contribution in [2.45, 2.75) is 30.2 Å². The van der Waals surface area contributed by atoms with Gasteiger partial charge in [-0.2, -0.15) is 4.72 Å². The standard InChI is InChI=1S/C24H24ClNO4S/c1-30-23(27)12-5-7-18-13-15-20(16-14-18)24(19-8-3-2-4-9-19)26-31(28,29)22-11-6-10-21(25)17-22/h2-4,6,8-11,13-17,24,26H,5,7,12H2,1H3. The monoisotopic (exact) mass is 457 g/mol. The average molecular weight is 458 g/mol. The van der Waals surface area contributed by atoms with E-state index in [0.717, 1.165) is 23.1 Å². The van der Waals surface area contributed by atoms with Crippen molar-refractivity contribution in [3.63, 3.8) is 0 Å². The van der Waals surface area contributed by atoms with E-state index in [1.807, 2.05) is 54.6 Å². The molecule has 31 heavy (non-hydrogen) atoms. The Bertz CT molecular complexity index is 1120. The molecule has 1 unspecified atom stereocenters. The van der Waals surface area contributed by atoms with Gasteiger partial charge < -0.3 is 4.74 Å². The number of halogens is 1. The largest absolute Gasteiger partial charge is 0.469 e. The van der Waals surface area contributed by atoms with Crippen LogP contribution in [0, 0.1) is 0 Å². The van der Waals surface area contributed by atoms with Crippen LogP contribution in [0.25, 0.3) is 0 Å². The van der Waals surface area contributed by atoms with Crippen LogP contribution in [0.15, 0.2) is 83.8 Å². The van der Waals surface area contributed by atoms with E-state index in [1.54, 1.807) is 12.1 Å². The van der Waals surface area contributed by atoms with Crippen LogP contribution in [-0.2, 0) is 26.0 Å². The van der Waals surface area contributed by atoms with Crippen LogP contribution in [0.1, 0.15) is 35.6 Å². The quantitative estimate of drug-likeness (QED) is 0.463. The molecule has 0 aromatic heterocycles. The van der Waals surface area contributed by atoms with Gasteiger partial charge in [0, 0.05) is 11.4 Å². The Morgan fingerprint density at radius 2 is 1.65 bits per heavy atom. The minimum absolute atomic E-state index is 0.111. The lowest BCUT2D eigenvalue weighted by Gasteiger charge is -2.20. The number of esters is 1. The van der Waals surface area contributed by atoms with Gasteiger partial charge in [0.2, 0.25) is 10.0 Å². The fourth-order valence-corrected chi connectivity index (χ4v) is 4.76. The summed E-state index contributed by atoms with van der Waals surface area (Å²) >= 11 is 5.99. The maximum atomic E-state index is 13.0. The van der Waals surface area contributed by atoms with E-state index in [4.69, 9.17) is 11.6 Å². The van der Waals surface area contributed by atoms with Gasteiger partial charge in [0.05, 0.1) is 18.0 Å². The Hall–Kier alpha value is -2.67. The highest BCUT2D eigenvalue weighted by molar-refractivity contribution is 7.89. The zero-order chi connectivity index (χ0) is 22.3. The van der Waals surface area contributed by atoms with E-state index >= 15 is 0 Å². The van der Waals surface area contributed by atoms with Gasteiger partial charge in [-0.05, 0) is 47.7 Å².